The second-order valence-corrected chi connectivity index (χ2v) is 3.13. The van der Waals surface area contributed by atoms with Crippen LogP contribution in [0.25, 0.3) is 0 Å². The first-order valence-electron chi connectivity index (χ1n) is 4.51. The molecule has 1 amide bonds. The maximum Gasteiger partial charge on any atom is 0.288 e. The molecule has 6 heteroatoms. The summed E-state index contributed by atoms with van der Waals surface area (Å²) in [7, 11) is 1.93. The number of amides is 1. The highest BCUT2D eigenvalue weighted by Gasteiger charge is 2.08. The summed E-state index contributed by atoms with van der Waals surface area (Å²) in [5.74, 6) is -0.0297. The van der Waals surface area contributed by atoms with E-state index >= 15 is 0 Å². The van der Waals surface area contributed by atoms with Gasteiger partial charge in [0.1, 0.15) is 6.33 Å². The Morgan fingerprint density at radius 2 is 2.53 bits per heavy atom. The van der Waals surface area contributed by atoms with Gasteiger partial charge in [0.15, 0.2) is 0 Å². The molecule has 0 saturated heterocycles. The molecule has 0 bridgehead atoms. The largest absolute Gasteiger partial charge is 0.353 e. The van der Waals surface area contributed by atoms with Gasteiger partial charge in [-0.25, -0.2) is 4.98 Å². The minimum atomic E-state index is -0.256. The Hall–Kier alpha value is -2.11. The van der Waals surface area contributed by atoms with Gasteiger partial charge in [-0.05, 0) is 12.1 Å². The van der Waals surface area contributed by atoms with Crippen LogP contribution in [0.15, 0.2) is 24.7 Å². The van der Waals surface area contributed by atoms with Gasteiger partial charge in [0.2, 0.25) is 5.82 Å². The number of aryl methyl sites for hydroxylation is 1. The van der Waals surface area contributed by atoms with Crippen LogP contribution in [0.5, 0.6) is 0 Å². The van der Waals surface area contributed by atoms with Crippen molar-refractivity contribution in [2.24, 2.45) is 7.05 Å². The molecule has 0 fully saturated rings. The zero-order valence-corrected chi connectivity index (χ0v) is 8.27. The van der Waals surface area contributed by atoms with Crippen molar-refractivity contribution in [1.29, 1.82) is 0 Å². The van der Waals surface area contributed by atoms with E-state index in [1.54, 1.807) is 0 Å². The van der Waals surface area contributed by atoms with E-state index in [2.05, 4.69) is 20.5 Å². The number of nitrogens with one attached hydrogen (secondary N) is 2. The average molecular weight is 205 g/mol. The van der Waals surface area contributed by atoms with E-state index in [-0.39, 0.29) is 11.7 Å². The lowest BCUT2D eigenvalue weighted by atomic mass is 10.4. The number of H-pyrrole nitrogens is 1. The van der Waals surface area contributed by atoms with Gasteiger partial charge in [-0.15, -0.1) is 0 Å². The number of aromatic nitrogens is 4. The van der Waals surface area contributed by atoms with Gasteiger partial charge in [-0.2, -0.15) is 5.10 Å². The molecular weight excluding hydrogens is 194 g/mol. The topological polar surface area (TPSA) is 75.6 Å². The predicted molar refractivity (Wildman–Crippen MR) is 53.0 cm³/mol. The van der Waals surface area contributed by atoms with E-state index in [9.17, 15) is 4.79 Å². The fourth-order valence-corrected chi connectivity index (χ4v) is 1.25. The van der Waals surface area contributed by atoms with Crippen molar-refractivity contribution in [2.45, 2.75) is 6.54 Å². The Morgan fingerprint density at radius 3 is 3.13 bits per heavy atom. The Kier molecular flexibility index (Phi) is 2.49. The summed E-state index contributed by atoms with van der Waals surface area (Å²) >= 11 is 0. The van der Waals surface area contributed by atoms with Crippen LogP contribution in [0.4, 0.5) is 0 Å². The van der Waals surface area contributed by atoms with Crippen LogP contribution in [0, 0.1) is 0 Å². The molecule has 2 aromatic rings. The minimum Gasteiger partial charge on any atom is -0.353 e. The van der Waals surface area contributed by atoms with Crippen molar-refractivity contribution in [3.05, 3.63) is 36.2 Å². The molecule has 0 aliphatic rings. The summed E-state index contributed by atoms with van der Waals surface area (Å²) < 4.78 is 1.95. The highest BCUT2D eigenvalue weighted by Crippen LogP contribution is 1.98. The number of carbonyl (C=O) groups is 1. The fourth-order valence-electron chi connectivity index (χ4n) is 1.25. The SMILES string of the molecule is Cn1cccc1CNC(=O)c1ncn[nH]1. The van der Waals surface area contributed by atoms with Crippen LogP contribution >= 0.6 is 0 Å². The van der Waals surface area contributed by atoms with Gasteiger partial charge < -0.3 is 9.88 Å². The zero-order chi connectivity index (χ0) is 10.7. The van der Waals surface area contributed by atoms with E-state index in [0.717, 1.165) is 5.69 Å². The molecule has 2 N–H and O–H groups in total. The van der Waals surface area contributed by atoms with Crippen LogP contribution in [0.1, 0.15) is 16.3 Å². The highest BCUT2D eigenvalue weighted by atomic mass is 16.2. The molecule has 0 aromatic carbocycles. The number of aromatic amines is 1. The number of hydrogen-bond donors (Lipinski definition) is 2. The third-order valence-corrected chi connectivity index (χ3v) is 2.11. The van der Waals surface area contributed by atoms with Crippen molar-refractivity contribution in [3.63, 3.8) is 0 Å². The second kappa shape index (κ2) is 3.95. The predicted octanol–water partition coefficient (Wildman–Crippen LogP) is 0.0732. The van der Waals surface area contributed by atoms with Gasteiger partial charge in [0, 0.05) is 18.9 Å². The summed E-state index contributed by atoms with van der Waals surface area (Å²) in [6, 6.07) is 3.87. The molecule has 0 unspecified atom stereocenters. The molecule has 0 atom stereocenters. The summed E-state index contributed by atoms with van der Waals surface area (Å²) in [5, 5.41) is 8.84. The van der Waals surface area contributed by atoms with Gasteiger partial charge >= 0.3 is 0 Å². The Balaban J connectivity index is 1.95. The smallest absolute Gasteiger partial charge is 0.288 e. The molecule has 0 aliphatic carbocycles. The Labute approximate surface area is 86.3 Å². The highest BCUT2D eigenvalue weighted by molar-refractivity contribution is 5.90. The lowest BCUT2D eigenvalue weighted by Crippen LogP contribution is -2.24. The Morgan fingerprint density at radius 1 is 1.67 bits per heavy atom. The first-order chi connectivity index (χ1) is 7.27. The fraction of sp³-hybridized carbons (Fsp3) is 0.222. The van der Waals surface area contributed by atoms with Crippen LogP contribution in [0.3, 0.4) is 0 Å². The van der Waals surface area contributed by atoms with Gasteiger partial charge in [-0.1, -0.05) is 0 Å². The molecule has 0 radical (unpaired) electrons. The first-order valence-corrected chi connectivity index (χ1v) is 4.51. The number of nitrogens with zero attached hydrogens (tertiary/aromatic N) is 3. The molecule has 2 aromatic heterocycles. The first kappa shape index (κ1) is 9.45. The third-order valence-electron chi connectivity index (χ3n) is 2.11. The van der Waals surface area contributed by atoms with Gasteiger partial charge in [-0.3, -0.25) is 9.89 Å². The van der Waals surface area contributed by atoms with Crippen LogP contribution in [0.2, 0.25) is 0 Å². The average Bonchev–Trinajstić information content (AvgIpc) is 2.85. The van der Waals surface area contributed by atoms with Crippen molar-refractivity contribution in [2.75, 3.05) is 0 Å². The minimum absolute atomic E-state index is 0.226. The van der Waals surface area contributed by atoms with Crippen molar-refractivity contribution >= 4 is 5.91 Å². The van der Waals surface area contributed by atoms with Gasteiger partial charge in [0.25, 0.3) is 5.91 Å². The standard InChI is InChI=1S/C9H11N5O/c1-14-4-2-3-7(14)5-10-9(15)8-11-6-12-13-8/h2-4,6H,5H2,1H3,(H,10,15)(H,11,12,13). The zero-order valence-electron chi connectivity index (χ0n) is 8.27. The van der Waals surface area contributed by atoms with Crippen molar-refractivity contribution in [1.82, 2.24) is 25.1 Å². The second-order valence-electron chi connectivity index (χ2n) is 3.13. The normalized spacial score (nSPS) is 10.2. The van der Waals surface area contributed by atoms with E-state index in [0.29, 0.717) is 6.54 Å². The van der Waals surface area contributed by atoms with Crippen LogP contribution in [-0.2, 0) is 13.6 Å². The molecular formula is C9H11N5O. The quantitative estimate of drug-likeness (QED) is 0.744. The summed E-state index contributed by atoms with van der Waals surface area (Å²) in [6.07, 6.45) is 3.23. The Bertz CT molecular complexity index is 445. The number of rotatable bonds is 3. The lowest BCUT2D eigenvalue weighted by Gasteiger charge is -2.04. The molecule has 78 valence electrons. The van der Waals surface area contributed by atoms with E-state index in [1.165, 1.54) is 6.33 Å². The summed E-state index contributed by atoms with van der Waals surface area (Å²) in [5.41, 5.74) is 1.03. The van der Waals surface area contributed by atoms with E-state index in [4.69, 9.17) is 0 Å². The maximum atomic E-state index is 11.5. The van der Waals surface area contributed by atoms with Crippen molar-refractivity contribution in [3.8, 4) is 0 Å². The maximum absolute atomic E-state index is 11.5. The van der Waals surface area contributed by atoms with E-state index < -0.39 is 0 Å². The molecule has 0 aliphatic heterocycles. The molecule has 2 rings (SSSR count). The third kappa shape index (κ3) is 2.04. The molecule has 0 saturated carbocycles. The summed E-state index contributed by atoms with van der Waals surface area (Å²) in [4.78, 5) is 15.2. The summed E-state index contributed by atoms with van der Waals surface area (Å²) in [6.45, 7) is 0.475. The molecule has 0 spiro atoms. The van der Waals surface area contributed by atoms with Crippen molar-refractivity contribution < 1.29 is 4.79 Å². The number of carbonyl (C=O) groups excluding carboxylic acids is 1. The van der Waals surface area contributed by atoms with E-state index in [1.807, 2.05) is 29.9 Å². The molecule has 2 heterocycles. The lowest BCUT2D eigenvalue weighted by molar-refractivity contribution is 0.0940. The molecule has 15 heavy (non-hydrogen) atoms. The van der Waals surface area contributed by atoms with Crippen LogP contribution in [-0.4, -0.2) is 25.7 Å². The van der Waals surface area contributed by atoms with Crippen LogP contribution < -0.4 is 5.32 Å². The monoisotopic (exact) mass is 205 g/mol. The number of hydrogen-bond acceptors (Lipinski definition) is 3. The van der Waals surface area contributed by atoms with Gasteiger partial charge in [0.05, 0.1) is 6.54 Å². The molecule has 6 nitrogen and oxygen atoms in total.